The summed E-state index contributed by atoms with van der Waals surface area (Å²) in [6.07, 6.45) is 0.612. The third-order valence-electron chi connectivity index (χ3n) is 2.91. The van der Waals surface area contributed by atoms with Gasteiger partial charge in [0, 0.05) is 19.5 Å². The van der Waals surface area contributed by atoms with Crippen molar-refractivity contribution in [3.05, 3.63) is 0 Å². The normalized spacial score (nSPS) is 20.2. The summed E-state index contributed by atoms with van der Waals surface area (Å²) in [6.45, 7) is 5.76. The van der Waals surface area contributed by atoms with Gasteiger partial charge in [-0.1, -0.05) is 0 Å². The Morgan fingerprint density at radius 2 is 1.94 bits per heavy atom. The van der Waals surface area contributed by atoms with Crippen molar-refractivity contribution in [2.45, 2.75) is 51.2 Å². The first-order valence-electron chi connectivity index (χ1n) is 6.02. The zero-order valence-corrected chi connectivity index (χ0v) is 10.8. The van der Waals surface area contributed by atoms with E-state index in [4.69, 9.17) is 4.74 Å². The first-order chi connectivity index (χ1) is 7.76. The van der Waals surface area contributed by atoms with Gasteiger partial charge < -0.3 is 14.7 Å². The van der Waals surface area contributed by atoms with Crippen molar-refractivity contribution < 1.29 is 19.0 Å². The lowest BCUT2D eigenvalue weighted by Gasteiger charge is -2.38. The predicted molar refractivity (Wildman–Crippen MR) is 62.6 cm³/mol. The largest absolute Gasteiger partial charge is 0.444 e. The zero-order chi connectivity index (χ0) is 13.1. The van der Waals surface area contributed by atoms with E-state index in [0.717, 1.165) is 0 Å². The van der Waals surface area contributed by atoms with Crippen molar-refractivity contribution in [2.24, 2.45) is 0 Å². The number of nitrogens with zero attached hydrogens (tertiary/aromatic N) is 1. The standard InChI is InChI=1S/C12H22FNO3/c1-11(2,3)17-10(15)14-8-5-12(16,4-7-13)6-9-14/h16H,4-9H2,1-3H3. The maximum atomic E-state index is 12.2. The molecule has 0 spiro atoms. The van der Waals surface area contributed by atoms with Gasteiger partial charge in [0.25, 0.3) is 0 Å². The third kappa shape index (κ3) is 4.50. The monoisotopic (exact) mass is 247 g/mol. The van der Waals surface area contributed by atoms with Crippen LogP contribution in [0.5, 0.6) is 0 Å². The number of hydrogen-bond acceptors (Lipinski definition) is 3. The molecule has 1 N–H and O–H groups in total. The Kier molecular flexibility index (Phi) is 4.36. The van der Waals surface area contributed by atoms with Crippen LogP contribution in [0, 0.1) is 0 Å². The molecule has 1 aliphatic heterocycles. The maximum absolute atomic E-state index is 12.2. The molecule has 1 aliphatic rings. The van der Waals surface area contributed by atoms with Gasteiger partial charge in [0.05, 0.1) is 12.3 Å². The number of piperidine rings is 1. The van der Waals surface area contributed by atoms with Crippen LogP contribution >= 0.6 is 0 Å². The molecule has 1 saturated heterocycles. The number of ether oxygens (including phenoxy) is 1. The molecular formula is C12H22FNO3. The zero-order valence-electron chi connectivity index (χ0n) is 10.8. The maximum Gasteiger partial charge on any atom is 0.410 e. The fourth-order valence-corrected chi connectivity index (χ4v) is 1.86. The van der Waals surface area contributed by atoms with E-state index in [9.17, 15) is 14.3 Å². The number of likely N-dealkylation sites (tertiary alicyclic amines) is 1. The van der Waals surface area contributed by atoms with Crippen LogP contribution in [0.15, 0.2) is 0 Å². The molecule has 0 aromatic rings. The Balaban J connectivity index is 2.44. The second kappa shape index (κ2) is 5.21. The molecule has 0 aromatic carbocycles. The van der Waals surface area contributed by atoms with Crippen molar-refractivity contribution in [1.82, 2.24) is 4.90 Å². The predicted octanol–water partition coefficient (Wildman–Crippen LogP) is 2.11. The number of alkyl halides is 1. The third-order valence-corrected chi connectivity index (χ3v) is 2.91. The first-order valence-corrected chi connectivity index (χ1v) is 6.02. The Bertz CT molecular complexity index is 267. The van der Waals surface area contributed by atoms with Gasteiger partial charge in [0.15, 0.2) is 0 Å². The average Bonchev–Trinajstić information content (AvgIpc) is 2.15. The van der Waals surface area contributed by atoms with E-state index in [1.54, 1.807) is 4.90 Å². The molecule has 1 fully saturated rings. The minimum atomic E-state index is -0.951. The van der Waals surface area contributed by atoms with Gasteiger partial charge >= 0.3 is 6.09 Å². The van der Waals surface area contributed by atoms with Crippen LogP contribution in [0.2, 0.25) is 0 Å². The minimum Gasteiger partial charge on any atom is -0.444 e. The number of aliphatic hydroxyl groups is 1. The van der Waals surface area contributed by atoms with Gasteiger partial charge in [-0.2, -0.15) is 0 Å². The Labute approximate surface area is 102 Å². The lowest BCUT2D eigenvalue weighted by molar-refractivity contribution is -0.0392. The molecular weight excluding hydrogens is 225 g/mol. The molecule has 1 amide bonds. The minimum absolute atomic E-state index is 0.148. The summed E-state index contributed by atoms with van der Waals surface area (Å²) >= 11 is 0. The fourth-order valence-electron chi connectivity index (χ4n) is 1.86. The highest BCUT2D eigenvalue weighted by Gasteiger charge is 2.34. The van der Waals surface area contributed by atoms with E-state index in [1.165, 1.54) is 0 Å². The molecule has 0 radical (unpaired) electrons. The van der Waals surface area contributed by atoms with Crippen LogP contribution < -0.4 is 0 Å². The summed E-state index contributed by atoms with van der Waals surface area (Å²) in [4.78, 5) is 13.3. The van der Waals surface area contributed by atoms with E-state index in [0.29, 0.717) is 25.9 Å². The number of carbonyl (C=O) groups excluding carboxylic acids is 1. The highest BCUT2D eigenvalue weighted by Crippen LogP contribution is 2.26. The summed E-state index contributed by atoms with van der Waals surface area (Å²) in [5, 5.41) is 9.98. The van der Waals surface area contributed by atoms with Crippen LogP contribution in [0.1, 0.15) is 40.0 Å². The van der Waals surface area contributed by atoms with Crippen molar-refractivity contribution >= 4 is 6.09 Å². The van der Waals surface area contributed by atoms with Crippen LogP contribution in [0.4, 0.5) is 9.18 Å². The van der Waals surface area contributed by atoms with Gasteiger partial charge in [-0.15, -0.1) is 0 Å². The molecule has 0 unspecified atom stereocenters. The van der Waals surface area contributed by atoms with E-state index < -0.39 is 17.9 Å². The van der Waals surface area contributed by atoms with E-state index in [2.05, 4.69) is 0 Å². The second-order valence-electron chi connectivity index (χ2n) is 5.63. The quantitative estimate of drug-likeness (QED) is 0.813. The molecule has 0 aromatic heterocycles. The van der Waals surface area contributed by atoms with Crippen LogP contribution in [0.3, 0.4) is 0 Å². The number of hydrogen-bond donors (Lipinski definition) is 1. The molecule has 4 nitrogen and oxygen atoms in total. The van der Waals surface area contributed by atoms with Gasteiger partial charge in [-0.05, 0) is 33.6 Å². The molecule has 1 heterocycles. The van der Waals surface area contributed by atoms with Crippen LogP contribution in [-0.4, -0.2) is 47.1 Å². The van der Waals surface area contributed by atoms with E-state index >= 15 is 0 Å². The summed E-state index contributed by atoms with van der Waals surface area (Å²) < 4.78 is 17.5. The number of amides is 1. The van der Waals surface area contributed by atoms with E-state index in [-0.39, 0.29) is 12.5 Å². The molecule has 17 heavy (non-hydrogen) atoms. The summed E-state index contributed by atoms with van der Waals surface area (Å²) in [6, 6.07) is 0. The van der Waals surface area contributed by atoms with Crippen molar-refractivity contribution in [3.63, 3.8) is 0 Å². The summed E-state index contributed by atoms with van der Waals surface area (Å²) in [7, 11) is 0. The van der Waals surface area contributed by atoms with E-state index in [1.807, 2.05) is 20.8 Å². The van der Waals surface area contributed by atoms with Crippen molar-refractivity contribution in [3.8, 4) is 0 Å². The van der Waals surface area contributed by atoms with Crippen molar-refractivity contribution in [1.29, 1.82) is 0 Å². The van der Waals surface area contributed by atoms with Gasteiger partial charge in [0.1, 0.15) is 5.60 Å². The Hall–Kier alpha value is -0.840. The highest BCUT2D eigenvalue weighted by atomic mass is 19.1. The molecule has 0 saturated carbocycles. The molecule has 0 aliphatic carbocycles. The Morgan fingerprint density at radius 3 is 2.35 bits per heavy atom. The fraction of sp³-hybridized carbons (Fsp3) is 0.917. The molecule has 1 rings (SSSR count). The molecule has 0 atom stereocenters. The van der Waals surface area contributed by atoms with Gasteiger partial charge in [-0.3, -0.25) is 4.39 Å². The molecule has 5 heteroatoms. The first kappa shape index (κ1) is 14.2. The molecule has 100 valence electrons. The highest BCUT2D eigenvalue weighted by molar-refractivity contribution is 5.68. The summed E-state index contributed by atoms with van der Waals surface area (Å²) in [5.74, 6) is 0. The molecule has 0 bridgehead atoms. The van der Waals surface area contributed by atoms with Gasteiger partial charge in [-0.25, -0.2) is 4.79 Å². The van der Waals surface area contributed by atoms with Gasteiger partial charge in [0.2, 0.25) is 0 Å². The lowest BCUT2D eigenvalue weighted by Crippen LogP contribution is -2.48. The van der Waals surface area contributed by atoms with Crippen LogP contribution in [0.25, 0.3) is 0 Å². The number of rotatable bonds is 2. The number of halogens is 1. The Morgan fingerprint density at radius 1 is 1.41 bits per heavy atom. The lowest BCUT2D eigenvalue weighted by atomic mass is 9.89. The van der Waals surface area contributed by atoms with Crippen molar-refractivity contribution in [2.75, 3.05) is 19.8 Å². The SMILES string of the molecule is CC(C)(C)OC(=O)N1CCC(O)(CCF)CC1. The smallest absolute Gasteiger partial charge is 0.410 e. The van der Waals surface area contributed by atoms with Crippen LogP contribution in [-0.2, 0) is 4.74 Å². The summed E-state index contributed by atoms with van der Waals surface area (Å²) in [5.41, 5.74) is -1.46. The number of carbonyl (C=O) groups is 1. The topological polar surface area (TPSA) is 49.8 Å². The second-order valence-corrected chi connectivity index (χ2v) is 5.63. The average molecular weight is 247 g/mol.